The Morgan fingerprint density at radius 2 is 1.15 bits per heavy atom. The summed E-state index contributed by atoms with van der Waals surface area (Å²) in [5, 5.41) is 0. The fraction of sp³-hybridized carbons (Fsp3) is 0.613. The van der Waals surface area contributed by atoms with Crippen LogP contribution >= 0.6 is 0 Å². The van der Waals surface area contributed by atoms with Crippen molar-refractivity contribution >= 4 is 0 Å². The van der Waals surface area contributed by atoms with Gasteiger partial charge in [-0.1, -0.05) is 45.4 Å². The predicted molar refractivity (Wildman–Crippen MR) is 137 cm³/mol. The number of rotatable bonds is 9. The number of benzene rings is 2. The third-order valence-corrected chi connectivity index (χ3v) is 8.92. The lowest BCUT2D eigenvalue weighted by molar-refractivity contribution is -0.189. The molecule has 0 N–H and O–H groups in total. The van der Waals surface area contributed by atoms with Crippen molar-refractivity contribution in [1.82, 2.24) is 0 Å². The zero-order valence-corrected chi connectivity index (χ0v) is 22.9. The first-order valence-electron chi connectivity index (χ1n) is 14.4. The van der Waals surface area contributed by atoms with Crippen LogP contribution in [0.1, 0.15) is 107 Å². The first-order chi connectivity index (χ1) is 19.3. The molecule has 0 heterocycles. The molecule has 2 aliphatic carbocycles. The lowest BCUT2D eigenvalue weighted by Crippen LogP contribution is -2.27. The summed E-state index contributed by atoms with van der Waals surface area (Å²) in [5.41, 5.74) is -3.84. The van der Waals surface area contributed by atoms with Gasteiger partial charge in [-0.2, -0.15) is 22.0 Å². The van der Waals surface area contributed by atoms with Gasteiger partial charge in [0, 0.05) is 12.1 Å². The number of hydrogen-bond acceptors (Lipinski definition) is 1. The fourth-order valence-electron chi connectivity index (χ4n) is 6.74. The van der Waals surface area contributed by atoms with E-state index in [-0.39, 0.29) is 23.6 Å². The maximum absolute atomic E-state index is 14.9. The van der Waals surface area contributed by atoms with E-state index in [1.807, 2.05) is 0 Å². The van der Waals surface area contributed by atoms with E-state index in [0.29, 0.717) is 24.7 Å². The molecule has 0 bridgehead atoms. The van der Waals surface area contributed by atoms with Gasteiger partial charge in [0.25, 0.3) is 0 Å². The normalized spacial score (nSPS) is 24.0. The molecule has 228 valence electrons. The molecule has 0 atom stereocenters. The van der Waals surface area contributed by atoms with Crippen LogP contribution < -0.4 is 4.74 Å². The van der Waals surface area contributed by atoms with Crippen molar-refractivity contribution in [2.45, 2.75) is 102 Å². The molecular weight excluding hydrogens is 559 g/mol. The minimum atomic E-state index is -5.42. The lowest BCUT2D eigenvalue weighted by Gasteiger charge is -2.38. The third-order valence-electron chi connectivity index (χ3n) is 8.92. The molecule has 0 aliphatic heterocycles. The van der Waals surface area contributed by atoms with E-state index in [0.717, 1.165) is 30.9 Å². The standard InChI is InChI=1S/C31H35F9O/c1-2-3-4-5-18-6-8-19(9-7-18)20-10-12-21(13-11-20)22-14-24(32)29(25(33)15-22)31(39,40)41-23-16-26(34)28(27(35)17-23)30(36,37)38/h14-21H,2-13H2,1H3/t18-,19-,20?,21?. The number of hydrogen-bond donors (Lipinski definition) is 0. The average Bonchev–Trinajstić information content (AvgIpc) is 2.87. The highest BCUT2D eigenvalue weighted by Crippen LogP contribution is 2.46. The molecule has 2 aromatic carbocycles. The van der Waals surface area contributed by atoms with Crippen molar-refractivity contribution in [3.63, 3.8) is 0 Å². The van der Waals surface area contributed by atoms with Crippen molar-refractivity contribution < 1.29 is 44.3 Å². The molecule has 0 saturated heterocycles. The molecule has 2 aliphatic rings. The Morgan fingerprint density at radius 1 is 0.659 bits per heavy atom. The number of ether oxygens (including phenoxy) is 1. The van der Waals surface area contributed by atoms with Gasteiger partial charge < -0.3 is 4.74 Å². The fourth-order valence-corrected chi connectivity index (χ4v) is 6.74. The summed E-state index contributed by atoms with van der Waals surface area (Å²) in [6, 6.07) is 1.41. The quantitative estimate of drug-likeness (QED) is 0.207. The Kier molecular flexibility index (Phi) is 9.89. The van der Waals surface area contributed by atoms with E-state index in [1.165, 1.54) is 51.4 Å². The molecule has 0 spiro atoms. The van der Waals surface area contributed by atoms with Crippen LogP contribution in [0.2, 0.25) is 0 Å². The monoisotopic (exact) mass is 594 g/mol. The van der Waals surface area contributed by atoms with E-state index >= 15 is 0 Å². The van der Waals surface area contributed by atoms with Crippen LogP contribution in [0.4, 0.5) is 39.5 Å². The number of alkyl halides is 5. The van der Waals surface area contributed by atoms with Crippen LogP contribution in [0, 0.1) is 41.0 Å². The Labute approximate surface area is 234 Å². The molecule has 1 nitrogen and oxygen atoms in total. The van der Waals surface area contributed by atoms with Gasteiger partial charge in [0.15, 0.2) is 0 Å². The zero-order chi connectivity index (χ0) is 29.9. The van der Waals surface area contributed by atoms with E-state index in [4.69, 9.17) is 0 Å². The van der Waals surface area contributed by atoms with Crippen molar-refractivity contribution in [3.05, 3.63) is 64.2 Å². The zero-order valence-electron chi connectivity index (χ0n) is 22.9. The second-order valence-electron chi connectivity index (χ2n) is 11.6. The first kappa shape index (κ1) is 31.5. The van der Waals surface area contributed by atoms with Gasteiger partial charge in [-0.15, -0.1) is 0 Å². The van der Waals surface area contributed by atoms with Crippen molar-refractivity contribution in [2.24, 2.45) is 17.8 Å². The Balaban J connectivity index is 1.39. The van der Waals surface area contributed by atoms with Crippen LogP contribution in [0.5, 0.6) is 5.75 Å². The third kappa shape index (κ3) is 7.53. The van der Waals surface area contributed by atoms with E-state index in [1.54, 1.807) is 0 Å². The first-order valence-corrected chi connectivity index (χ1v) is 14.4. The summed E-state index contributed by atoms with van der Waals surface area (Å²) in [7, 11) is 0. The molecule has 2 aromatic rings. The Morgan fingerprint density at radius 3 is 1.63 bits per heavy atom. The van der Waals surface area contributed by atoms with Gasteiger partial charge in [0.2, 0.25) is 0 Å². The van der Waals surface area contributed by atoms with Crippen molar-refractivity contribution in [1.29, 1.82) is 0 Å². The molecule has 0 unspecified atom stereocenters. The summed E-state index contributed by atoms with van der Waals surface area (Å²) >= 11 is 0. The van der Waals surface area contributed by atoms with Gasteiger partial charge in [0.05, 0.1) is 0 Å². The highest BCUT2D eigenvalue weighted by molar-refractivity contribution is 5.35. The molecule has 2 saturated carbocycles. The van der Waals surface area contributed by atoms with E-state index in [9.17, 15) is 39.5 Å². The SMILES string of the molecule is CCCCC[C@H]1CC[C@H](C2CCC(c3cc(F)c(C(F)(F)Oc4cc(F)c(C(F)(F)F)c(F)c4)c(F)c3)CC2)CC1. The topological polar surface area (TPSA) is 9.23 Å². The maximum Gasteiger partial charge on any atom is 0.432 e. The number of halogens is 9. The van der Waals surface area contributed by atoms with Crippen LogP contribution in [0.25, 0.3) is 0 Å². The summed E-state index contributed by atoms with van der Waals surface area (Å²) in [6.07, 6.45) is 2.93. The second kappa shape index (κ2) is 12.9. The minimum absolute atomic E-state index is 0.110. The largest absolute Gasteiger partial charge is 0.432 e. The lowest BCUT2D eigenvalue weighted by atomic mass is 9.68. The van der Waals surface area contributed by atoms with Crippen LogP contribution in [0.15, 0.2) is 24.3 Å². The highest BCUT2D eigenvalue weighted by Gasteiger charge is 2.43. The van der Waals surface area contributed by atoms with Gasteiger partial charge in [-0.3, -0.25) is 0 Å². The molecule has 10 heteroatoms. The summed E-state index contributed by atoms with van der Waals surface area (Å²) in [5.74, 6) is -7.19. The summed E-state index contributed by atoms with van der Waals surface area (Å²) in [6.45, 7) is 2.20. The summed E-state index contributed by atoms with van der Waals surface area (Å²) < 4.78 is 129. The second-order valence-corrected chi connectivity index (χ2v) is 11.6. The maximum atomic E-state index is 14.9. The van der Waals surface area contributed by atoms with Crippen LogP contribution in [0.3, 0.4) is 0 Å². The summed E-state index contributed by atoms with van der Waals surface area (Å²) in [4.78, 5) is 0. The molecule has 0 aromatic heterocycles. The smallest absolute Gasteiger partial charge is 0.429 e. The van der Waals surface area contributed by atoms with Gasteiger partial charge in [0.1, 0.15) is 40.1 Å². The molecule has 41 heavy (non-hydrogen) atoms. The van der Waals surface area contributed by atoms with E-state index < -0.39 is 52.4 Å². The van der Waals surface area contributed by atoms with Crippen molar-refractivity contribution in [3.8, 4) is 5.75 Å². The average molecular weight is 595 g/mol. The van der Waals surface area contributed by atoms with Gasteiger partial charge in [-0.25, -0.2) is 17.6 Å². The molecule has 0 amide bonds. The van der Waals surface area contributed by atoms with Gasteiger partial charge >= 0.3 is 12.3 Å². The Bertz CT molecular complexity index is 1130. The van der Waals surface area contributed by atoms with Gasteiger partial charge in [-0.05, 0) is 79.9 Å². The molecule has 2 fully saturated rings. The Hall–Kier alpha value is -2.39. The predicted octanol–water partition coefficient (Wildman–Crippen LogP) is 11.1. The van der Waals surface area contributed by atoms with Crippen LogP contribution in [-0.4, -0.2) is 0 Å². The molecule has 0 radical (unpaired) electrons. The molecule has 4 rings (SSSR count). The highest BCUT2D eigenvalue weighted by atomic mass is 19.4. The van der Waals surface area contributed by atoms with Crippen LogP contribution in [-0.2, 0) is 12.3 Å². The molecular formula is C31H35F9O. The minimum Gasteiger partial charge on any atom is -0.429 e. The number of unbranched alkanes of at least 4 members (excludes halogenated alkanes) is 2. The van der Waals surface area contributed by atoms with E-state index in [2.05, 4.69) is 11.7 Å². The van der Waals surface area contributed by atoms with Crippen molar-refractivity contribution in [2.75, 3.05) is 0 Å².